The van der Waals surface area contributed by atoms with Crippen LogP contribution in [0.2, 0.25) is 0 Å². The first-order valence-electron chi connectivity index (χ1n) is 12.5. The number of rotatable bonds is 11. The predicted octanol–water partition coefficient (Wildman–Crippen LogP) is 2.00. The zero-order chi connectivity index (χ0) is 30.8. The van der Waals surface area contributed by atoms with Crippen molar-refractivity contribution in [2.24, 2.45) is 5.73 Å². The van der Waals surface area contributed by atoms with Crippen LogP contribution in [0.25, 0.3) is 0 Å². The van der Waals surface area contributed by atoms with Gasteiger partial charge in [0.2, 0.25) is 5.91 Å². The molecule has 4 rings (SSSR count). The van der Waals surface area contributed by atoms with Crippen LogP contribution in [-0.4, -0.2) is 69.2 Å². The number of benzene rings is 3. The van der Waals surface area contributed by atoms with Crippen LogP contribution in [0, 0.1) is 0 Å². The van der Waals surface area contributed by atoms with E-state index in [0.717, 1.165) is 6.07 Å². The van der Waals surface area contributed by atoms with Gasteiger partial charge in [-0.15, -0.1) is 0 Å². The Bertz CT molecular complexity index is 1810. The maximum absolute atomic E-state index is 13.5. The Morgan fingerprint density at radius 2 is 1.62 bits per heavy atom. The fraction of sp³-hybridized carbons (Fsp3) is 0.222. The molecule has 0 bridgehead atoms. The second kappa shape index (κ2) is 12.2. The molecule has 1 atom stereocenters. The van der Waals surface area contributed by atoms with Gasteiger partial charge >= 0.3 is 0 Å². The lowest BCUT2D eigenvalue weighted by Crippen LogP contribution is -2.42. The minimum Gasteiger partial charge on any atom is -0.397 e. The largest absolute Gasteiger partial charge is 0.397 e. The highest BCUT2D eigenvalue weighted by Crippen LogP contribution is 2.40. The molecule has 3 aromatic carbocycles. The number of nitrogens with two attached hydrogens (primary N) is 2. The molecular formula is C27H28N4O8S3. The average Bonchev–Trinajstić information content (AvgIpc) is 2.94. The van der Waals surface area contributed by atoms with Gasteiger partial charge in [-0.05, 0) is 42.7 Å². The second-order valence-corrected chi connectivity index (χ2v) is 13.9. The SMILES string of the molecule is CSCCC(N)C(=O)NCCS(=O)(=O)c1cccc(Nc2cc(S(=O)(=O)O)c(N)c3c2C(=O)c2ccccc2C3=O)c1. The maximum Gasteiger partial charge on any atom is 0.296 e. The second-order valence-electron chi connectivity index (χ2n) is 9.42. The molecule has 0 radical (unpaired) electrons. The Hall–Kier alpha value is -3.76. The van der Waals surface area contributed by atoms with Crippen molar-refractivity contribution >= 4 is 66.3 Å². The Balaban J connectivity index is 1.66. The summed E-state index contributed by atoms with van der Waals surface area (Å²) >= 11 is 1.54. The average molecular weight is 633 g/mol. The number of amides is 1. The number of hydrogen-bond donors (Lipinski definition) is 5. The Labute approximate surface area is 246 Å². The van der Waals surface area contributed by atoms with Crippen LogP contribution in [0.3, 0.4) is 0 Å². The van der Waals surface area contributed by atoms with Gasteiger partial charge in [0.25, 0.3) is 10.1 Å². The van der Waals surface area contributed by atoms with E-state index in [2.05, 4.69) is 10.6 Å². The number of sulfone groups is 1. The van der Waals surface area contributed by atoms with E-state index in [-0.39, 0.29) is 39.5 Å². The highest BCUT2D eigenvalue weighted by Gasteiger charge is 2.36. The molecule has 1 unspecified atom stereocenters. The van der Waals surface area contributed by atoms with Crippen molar-refractivity contribution in [2.45, 2.75) is 22.3 Å². The molecule has 0 saturated carbocycles. The fourth-order valence-electron chi connectivity index (χ4n) is 4.46. The monoisotopic (exact) mass is 632 g/mol. The van der Waals surface area contributed by atoms with E-state index in [0.29, 0.717) is 12.2 Å². The smallest absolute Gasteiger partial charge is 0.296 e. The summed E-state index contributed by atoms with van der Waals surface area (Å²) in [5, 5.41) is 5.34. The first-order chi connectivity index (χ1) is 19.8. The summed E-state index contributed by atoms with van der Waals surface area (Å²) < 4.78 is 60.1. The van der Waals surface area contributed by atoms with Crippen LogP contribution in [0.15, 0.2) is 64.4 Å². The van der Waals surface area contributed by atoms with Crippen LogP contribution in [0.4, 0.5) is 17.1 Å². The predicted molar refractivity (Wildman–Crippen MR) is 160 cm³/mol. The molecule has 0 heterocycles. The molecule has 42 heavy (non-hydrogen) atoms. The van der Waals surface area contributed by atoms with E-state index in [4.69, 9.17) is 11.5 Å². The van der Waals surface area contributed by atoms with Gasteiger partial charge in [0.05, 0.1) is 39.2 Å². The Kier molecular flexibility index (Phi) is 9.08. The molecule has 0 spiro atoms. The van der Waals surface area contributed by atoms with E-state index < -0.39 is 65.4 Å². The number of thioether (sulfide) groups is 1. The van der Waals surface area contributed by atoms with Crippen molar-refractivity contribution in [3.05, 3.63) is 76.9 Å². The van der Waals surface area contributed by atoms with Gasteiger partial charge in [-0.2, -0.15) is 20.2 Å². The van der Waals surface area contributed by atoms with Crippen LogP contribution >= 0.6 is 11.8 Å². The van der Waals surface area contributed by atoms with Gasteiger partial charge in [0.1, 0.15) is 4.90 Å². The summed E-state index contributed by atoms with van der Waals surface area (Å²) in [6.07, 6.45) is 2.33. The lowest BCUT2D eigenvalue weighted by Gasteiger charge is -2.23. The van der Waals surface area contributed by atoms with Crippen molar-refractivity contribution in [3.8, 4) is 0 Å². The molecule has 1 aliphatic carbocycles. The number of hydrogen-bond acceptors (Lipinski definition) is 11. The first-order valence-corrected chi connectivity index (χ1v) is 17.0. The van der Waals surface area contributed by atoms with E-state index in [1.807, 2.05) is 6.26 Å². The molecule has 1 aliphatic rings. The summed E-state index contributed by atoms with van der Waals surface area (Å²) in [5.74, 6) is -1.53. The summed E-state index contributed by atoms with van der Waals surface area (Å²) in [6, 6.07) is 11.6. The molecule has 3 aromatic rings. The van der Waals surface area contributed by atoms with E-state index in [9.17, 15) is 35.8 Å². The molecule has 0 aliphatic heterocycles. The van der Waals surface area contributed by atoms with Crippen molar-refractivity contribution in [1.82, 2.24) is 5.32 Å². The Morgan fingerprint density at radius 3 is 2.24 bits per heavy atom. The van der Waals surface area contributed by atoms with Gasteiger partial charge in [-0.25, -0.2) is 8.42 Å². The van der Waals surface area contributed by atoms with Crippen molar-refractivity contribution < 1.29 is 35.8 Å². The standard InChI is InChI=1S/C27H28N4O8S3/c1-40-11-9-19(28)27(34)30-10-12-41(35,36)16-6-4-5-15(13-16)31-20-14-21(42(37,38)39)24(29)23-22(20)25(32)17-7-2-3-8-18(17)26(23)33/h2-8,13-14,19,31H,9-12,28-29H2,1H3,(H,30,34)(H,37,38,39). The Morgan fingerprint density at radius 1 is 0.976 bits per heavy atom. The van der Waals surface area contributed by atoms with Crippen molar-refractivity contribution in [3.63, 3.8) is 0 Å². The topological polar surface area (TPSA) is 216 Å². The number of carbonyl (C=O) groups excluding carboxylic acids is 3. The minimum absolute atomic E-state index is 0.0190. The zero-order valence-corrected chi connectivity index (χ0v) is 24.7. The minimum atomic E-state index is -4.93. The molecule has 0 saturated heterocycles. The van der Waals surface area contributed by atoms with E-state index >= 15 is 0 Å². The summed E-state index contributed by atoms with van der Waals surface area (Å²) in [5.41, 5.74) is 10.6. The third-order valence-electron chi connectivity index (χ3n) is 6.59. The van der Waals surface area contributed by atoms with Crippen LogP contribution in [0.1, 0.15) is 38.3 Å². The van der Waals surface area contributed by atoms with Crippen LogP contribution in [0.5, 0.6) is 0 Å². The molecule has 0 fully saturated rings. The number of fused-ring (bicyclic) bond motifs is 2. The molecular weight excluding hydrogens is 605 g/mol. The number of anilines is 3. The highest BCUT2D eigenvalue weighted by atomic mass is 32.2. The number of carbonyl (C=O) groups is 3. The lowest BCUT2D eigenvalue weighted by atomic mass is 9.82. The number of nitrogen functional groups attached to an aromatic ring is 1. The number of ketones is 2. The van der Waals surface area contributed by atoms with Crippen molar-refractivity contribution in [2.75, 3.05) is 35.4 Å². The molecule has 7 N–H and O–H groups in total. The van der Waals surface area contributed by atoms with Gasteiger partial charge < -0.3 is 22.1 Å². The quantitative estimate of drug-likeness (QED) is 0.119. The maximum atomic E-state index is 13.5. The van der Waals surface area contributed by atoms with Gasteiger partial charge in [0.15, 0.2) is 21.4 Å². The fourth-order valence-corrected chi connectivity index (χ4v) is 6.80. The molecule has 1 amide bonds. The molecule has 0 aromatic heterocycles. The van der Waals surface area contributed by atoms with Crippen LogP contribution < -0.4 is 22.1 Å². The molecule has 15 heteroatoms. The highest BCUT2D eigenvalue weighted by molar-refractivity contribution is 7.98. The third-order valence-corrected chi connectivity index (χ3v) is 9.84. The molecule has 12 nitrogen and oxygen atoms in total. The summed E-state index contributed by atoms with van der Waals surface area (Å²) in [4.78, 5) is 38.0. The molecule has 222 valence electrons. The third kappa shape index (κ3) is 6.34. The van der Waals surface area contributed by atoms with Gasteiger partial charge in [0, 0.05) is 23.4 Å². The van der Waals surface area contributed by atoms with Gasteiger partial charge in [-0.3, -0.25) is 18.9 Å². The van der Waals surface area contributed by atoms with Crippen LogP contribution in [-0.2, 0) is 24.7 Å². The van der Waals surface area contributed by atoms with Crippen molar-refractivity contribution in [1.29, 1.82) is 0 Å². The van der Waals surface area contributed by atoms with Gasteiger partial charge in [-0.1, -0.05) is 30.3 Å². The van der Waals surface area contributed by atoms with E-state index in [1.54, 1.807) is 6.07 Å². The van der Waals surface area contributed by atoms with E-state index in [1.165, 1.54) is 54.2 Å². The zero-order valence-electron chi connectivity index (χ0n) is 22.3. The normalized spacial score (nSPS) is 13.7. The summed E-state index contributed by atoms with van der Waals surface area (Å²) in [7, 11) is -8.83. The lowest BCUT2D eigenvalue weighted by molar-refractivity contribution is -0.122. The summed E-state index contributed by atoms with van der Waals surface area (Å²) in [6.45, 7) is -0.176. The number of nitrogens with one attached hydrogen (secondary N) is 2. The first kappa shape index (κ1) is 31.2.